The molecule has 0 spiro atoms. The van der Waals surface area contributed by atoms with Gasteiger partial charge in [0.25, 0.3) is 0 Å². The standard InChI is InChI=1S/C14H20FNO/c1-9(2)10(3)16-8-13-7-11-6-12(15)4-5-14(11)17-13/h4-6,9-10,13,16H,7-8H2,1-3H3. The number of halogens is 1. The molecule has 0 amide bonds. The van der Waals surface area contributed by atoms with Crippen molar-refractivity contribution in [2.45, 2.75) is 39.3 Å². The van der Waals surface area contributed by atoms with Gasteiger partial charge < -0.3 is 10.1 Å². The largest absolute Gasteiger partial charge is 0.488 e. The van der Waals surface area contributed by atoms with E-state index >= 15 is 0 Å². The number of rotatable bonds is 4. The molecule has 2 unspecified atom stereocenters. The SMILES string of the molecule is CC(C)C(C)NCC1Cc2cc(F)ccc2O1. The lowest BCUT2D eigenvalue weighted by molar-refractivity contribution is 0.217. The van der Waals surface area contributed by atoms with Crippen LogP contribution in [0.25, 0.3) is 0 Å². The first-order chi connectivity index (χ1) is 8.06. The van der Waals surface area contributed by atoms with Crippen molar-refractivity contribution in [1.29, 1.82) is 0 Å². The highest BCUT2D eigenvalue weighted by molar-refractivity contribution is 5.37. The molecule has 94 valence electrons. The third kappa shape index (κ3) is 2.97. The van der Waals surface area contributed by atoms with E-state index in [1.165, 1.54) is 6.07 Å². The van der Waals surface area contributed by atoms with Gasteiger partial charge in [0.05, 0.1) is 0 Å². The summed E-state index contributed by atoms with van der Waals surface area (Å²) in [5.41, 5.74) is 0.981. The molecule has 0 fully saturated rings. The van der Waals surface area contributed by atoms with Gasteiger partial charge in [-0.05, 0) is 31.0 Å². The van der Waals surface area contributed by atoms with Gasteiger partial charge in [-0.15, -0.1) is 0 Å². The van der Waals surface area contributed by atoms with Gasteiger partial charge in [0.1, 0.15) is 17.7 Å². The summed E-state index contributed by atoms with van der Waals surface area (Å²) in [4.78, 5) is 0. The summed E-state index contributed by atoms with van der Waals surface area (Å²) in [6, 6.07) is 5.21. The quantitative estimate of drug-likeness (QED) is 0.869. The lowest BCUT2D eigenvalue weighted by Gasteiger charge is -2.20. The highest BCUT2D eigenvalue weighted by Crippen LogP contribution is 2.28. The molecule has 1 aliphatic heterocycles. The van der Waals surface area contributed by atoms with Crippen molar-refractivity contribution in [2.24, 2.45) is 5.92 Å². The molecular weight excluding hydrogens is 217 g/mol. The lowest BCUT2D eigenvalue weighted by atomic mass is 10.1. The first-order valence-corrected chi connectivity index (χ1v) is 6.24. The van der Waals surface area contributed by atoms with E-state index in [-0.39, 0.29) is 11.9 Å². The minimum Gasteiger partial charge on any atom is -0.488 e. The van der Waals surface area contributed by atoms with Crippen molar-refractivity contribution >= 4 is 0 Å². The molecule has 1 aromatic rings. The van der Waals surface area contributed by atoms with Crippen LogP contribution in [0.2, 0.25) is 0 Å². The van der Waals surface area contributed by atoms with Crippen LogP contribution in [-0.2, 0) is 6.42 Å². The van der Waals surface area contributed by atoms with Gasteiger partial charge in [0.15, 0.2) is 0 Å². The molecule has 1 heterocycles. The Labute approximate surface area is 102 Å². The molecule has 17 heavy (non-hydrogen) atoms. The third-order valence-corrected chi connectivity index (χ3v) is 3.43. The van der Waals surface area contributed by atoms with E-state index in [1.54, 1.807) is 12.1 Å². The fraction of sp³-hybridized carbons (Fsp3) is 0.571. The Morgan fingerprint density at radius 3 is 2.88 bits per heavy atom. The molecule has 1 aromatic carbocycles. The molecule has 0 saturated carbocycles. The van der Waals surface area contributed by atoms with Gasteiger partial charge >= 0.3 is 0 Å². The van der Waals surface area contributed by atoms with E-state index in [0.717, 1.165) is 24.3 Å². The maximum atomic E-state index is 13.0. The van der Waals surface area contributed by atoms with Crippen LogP contribution in [0.4, 0.5) is 4.39 Å². The summed E-state index contributed by atoms with van der Waals surface area (Å²) in [5.74, 6) is 1.25. The zero-order valence-electron chi connectivity index (χ0n) is 10.7. The van der Waals surface area contributed by atoms with Crippen molar-refractivity contribution in [3.63, 3.8) is 0 Å². The fourth-order valence-corrected chi connectivity index (χ4v) is 1.96. The molecule has 2 atom stereocenters. The first-order valence-electron chi connectivity index (χ1n) is 6.24. The maximum absolute atomic E-state index is 13.0. The Bertz CT molecular complexity index is 392. The number of hydrogen-bond donors (Lipinski definition) is 1. The normalized spacial score (nSPS) is 20.2. The summed E-state index contributed by atoms with van der Waals surface area (Å²) >= 11 is 0. The fourth-order valence-electron chi connectivity index (χ4n) is 1.96. The van der Waals surface area contributed by atoms with Crippen molar-refractivity contribution in [2.75, 3.05) is 6.54 Å². The van der Waals surface area contributed by atoms with Gasteiger partial charge in [-0.3, -0.25) is 0 Å². The summed E-state index contributed by atoms with van der Waals surface area (Å²) in [5, 5.41) is 3.45. The predicted molar refractivity (Wildman–Crippen MR) is 66.8 cm³/mol. The molecule has 0 aliphatic carbocycles. The molecule has 0 radical (unpaired) electrons. The highest BCUT2D eigenvalue weighted by Gasteiger charge is 2.23. The Morgan fingerprint density at radius 2 is 2.18 bits per heavy atom. The zero-order chi connectivity index (χ0) is 12.4. The molecule has 1 N–H and O–H groups in total. The number of benzene rings is 1. The summed E-state index contributed by atoms with van der Waals surface area (Å²) in [6.07, 6.45) is 0.929. The second-order valence-electron chi connectivity index (χ2n) is 5.14. The second-order valence-corrected chi connectivity index (χ2v) is 5.14. The molecule has 0 bridgehead atoms. The van der Waals surface area contributed by atoms with Crippen molar-refractivity contribution in [1.82, 2.24) is 5.32 Å². The van der Waals surface area contributed by atoms with Gasteiger partial charge in [-0.1, -0.05) is 13.8 Å². The Kier molecular flexibility index (Phi) is 3.67. The summed E-state index contributed by atoms with van der Waals surface area (Å²) in [6.45, 7) is 7.37. The number of hydrogen-bond acceptors (Lipinski definition) is 2. The van der Waals surface area contributed by atoms with E-state index in [4.69, 9.17) is 4.74 Å². The van der Waals surface area contributed by atoms with Gasteiger partial charge in [-0.2, -0.15) is 0 Å². The van der Waals surface area contributed by atoms with Crippen molar-refractivity contribution in [3.05, 3.63) is 29.6 Å². The van der Waals surface area contributed by atoms with Gasteiger partial charge in [0, 0.05) is 24.6 Å². The highest BCUT2D eigenvalue weighted by atomic mass is 19.1. The number of nitrogens with one attached hydrogen (secondary N) is 1. The topological polar surface area (TPSA) is 21.3 Å². The minimum absolute atomic E-state index is 0.132. The van der Waals surface area contributed by atoms with E-state index < -0.39 is 0 Å². The lowest BCUT2D eigenvalue weighted by Crippen LogP contribution is -2.38. The molecule has 0 saturated heterocycles. The maximum Gasteiger partial charge on any atom is 0.123 e. The van der Waals surface area contributed by atoms with E-state index in [0.29, 0.717) is 12.0 Å². The number of fused-ring (bicyclic) bond motifs is 1. The Balaban J connectivity index is 1.88. The molecule has 2 rings (SSSR count). The summed E-state index contributed by atoms with van der Waals surface area (Å²) < 4.78 is 18.8. The number of ether oxygens (including phenoxy) is 1. The average Bonchev–Trinajstić information content (AvgIpc) is 2.67. The smallest absolute Gasteiger partial charge is 0.123 e. The van der Waals surface area contributed by atoms with Gasteiger partial charge in [-0.25, -0.2) is 4.39 Å². The minimum atomic E-state index is -0.184. The molecule has 0 aromatic heterocycles. The molecular formula is C14H20FNO. The first kappa shape index (κ1) is 12.4. The van der Waals surface area contributed by atoms with Crippen LogP contribution in [-0.4, -0.2) is 18.7 Å². The molecule has 1 aliphatic rings. The monoisotopic (exact) mass is 237 g/mol. The third-order valence-electron chi connectivity index (χ3n) is 3.43. The van der Waals surface area contributed by atoms with E-state index in [9.17, 15) is 4.39 Å². The van der Waals surface area contributed by atoms with Crippen LogP contribution >= 0.6 is 0 Å². The van der Waals surface area contributed by atoms with Crippen molar-refractivity contribution in [3.8, 4) is 5.75 Å². The predicted octanol–water partition coefficient (Wildman–Crippen LogP) is 2.76. The summed E-state index contributed by atoms with van der Waals surface area (Å²) in [7, 11) is 0. The zero-order valence-corrected chi connectivity index (χ0v) is 10.7. The second kappa shape index (κ2) is 5.05. The van der Waals surface area contributed by atoms with Crippen molar-refractivity contribution < 1.29 is 9.13 Å². The average molecular weight is 237 g/mol. The van der Waals surface area contributed by atoms with Gasteiger partial charge in [0.2, 0.25) is 0 Å². The van der Waals surface area contributed by atoms with Crippen LogP contribution in [0, 0.1) is 11.7 Å². The van der Waals surface area contributed by atoms with E-state index in [1.807, 2.05) is 0 Å². The Morgan fingerprint density at radius 1 is 1.41 bits per heavy atom. The van der Waals surface area contributed by atoms with Crippen LogP contribution in [0.3, 0.4) is 0 Å². The van der Waals surface area contributed by atoms with Crippen LogP contribution in [0.15, 0.2) is 18.2 Å². The van der Waals surface area contributed by atoms with E-state index in [2.05, 4.69) is 26.1 Å². The molecule has 2 nitrogen and oxygen atoms in total. The van der Waals surface area contributed by atoms with Crippen LogP contribution in [0.5, 0.6) is 5.75 Å². The van der Waals surface area contributed by atoms with Crippen LogP contribution in [0.1, 0.15) is 26.3 Å². The Hall–Kier alpha value is -1.09. The molecule has 3 heteroatoms. The van der Waals surface area contributed by atoms with Crippen LogP contribution < -0.4 is 10.1 Å².